The summed E-state index contributed by atoms with van der Waals surface area (Å²) in [7, 11) is 0. The SMILES string of the molecule is CC1(C)CC2CC(=O)[C@@H]1C2. The molecule has 0 aromatic rings. The molecule has 2 atom stereocenters. The van der Waals surface area contributed by atoms with E-state index in [4.69, 9.17) is 0 Å². The number of hydrogen-bond donors (Lipinski definition) is 0. The minimum Gasteiger partial charge on any atom is -0.299 e. The van der Waals surface area contributed by atoms with Crippen molar-refractivity contribution in [2.45, 2.75) is 33.1 Å². The summed E-state index contributed by atoms with van der Waals surface area (Å²) in [6, 6.07) is 0. The highest BCUT2D eigenvalue weighted by molar-refractivity contribution is 5.85. The van der Waals surface area contributed by atoms with E-state index in [1.807, 2.05) is 0 Å². The molecule has 0 aliphatic heterocycles. The predicted octanol–water partition coefficient (Wildman–Crippen LogP) is 2.01. The number of hydrogen-bond acceptors (Lipinski definition) is 1. The van der Waals surface area contributed by atoms with Gasteiger partial charge in [0.15, 0.2) is 0 Å². The lowest BCUT2D eigenvalue weighted by atomic mass is 9.76. The van der Waals surface area contributed by atoms with Gasteiger partial charge in [0.1, 0.15) is 5.78 Å². The second kappa shape index (κ2) is 1.63. The summed E-state index contributed by atoms with van der Waals surface area (Å²) < 4.78 is 0. The molecule has 0 aromatic heterocycles. The summed E-state index contributed by atoms with van der Waals surface area (Å²) in [5.41, 5.74) is 0.333. The molecule has 2 rings (SSSR count). The highest BCUT2D eigenvalue weighted by atomic mass is 16.1. The fourth-order valence-corrected chi connectivity index (χ4v) is 2.77. The number of carbonyl (C=O) groups is 1. The number of fused-ring (bicyclic) bond motifs is 2. The minimum absolute atomic E-state index is 0.333. The Morgan fingerprint density at radius 3 is 2.50 bits per heavy atom. The van der Waals surface area contributed by atoms with Crippen LogP contribution in [0.5, 0.6) is 0 Å². The third kappa shape index (κ3) is 0.664. The van der Waals surface area contributed by atoms with Gasteiger partial charge in [-0.3, -0.25) is 4.79 Å². The first-order valence-corrected chi connectivity index (χ1v) is 4.12. The lowest BCUT2D eigenvalue weighted by molar-refractivity contribution is -0.125. The van der Waals surface area contributed by atoms with Gasteiger partial charge in [-0.2, -0.15) is 0 Å². The van der Waals surface area contributed by atoms with Crippen molar-refractivity contribution in [2.24, 2.45) is 17.3 Å². The molecule has 0 N–H and O–H groups in total. The summed E-state index contributed by atoms with van der Waals surface area (Å²) in [6.07, 6.45) is 3.35. The Balaban J connectivity index is 2.28. The molecule has 0 heterocycles. The van der Waals surface area contributed by atoms with E-state index in [-0.39, 0.29) is 0 Å². The highest BCUT2D eigenvalue weighted by Crippen LogP contribution is 2.53. The molecule has 0 saturated heterocycles. The smallest absolute Gasteiger partial charge is 0.136 e. The fourth-order valence-electron chi connectivity index (χ4n) is 2.77. The maximum absolute atomic E-state index is 11.3. The molecule has 0 spiro atoms. The Labute approximate surface area is 61.8 Å². The van der Waals surface area contributed by atoms with Crippen LogP contribution in [-0.2, 0) is 4.79 Å². The molecule has 2 fully saturated rings. The second-order valence-electron chi connectivity index (χ2n) is 4.52. The summed E-state index contributed by atoms with van der Waals surface area (Å²) >= 11 is 0. The maximum atomic E-state index is 11.3. The Hall–Kier alpha value is -0.330. The van der Waals surface area contributed by atoms with Gasteiger partial charge >= 0.3 is 0 Å². The van der Waals surface area contributed by atoms with Gasteiger partial charge in [-0.25, -0.2) is 0 Å². The van der Waals surface area contributed by atoms with Gasteiger partial charge in [-0.1, -0.05) is 13.8 Å². The topological polar surface area (TPSA) is 17.1 Å². The normalized spacial score (nSPS) is 42.8. The molecule has 1 unspecified atom stereocenters. The van der Waals surface area contributed by atoms with Crippen LogP contribution in [0.25, 0.3) is 0 Å². The van der Waals surface area contributed by atoms with E-state index in [0.717, 1.165) is 12.3 Å². The van der Waals surface area contributed by atoms with Crippen LogP contribution in [0.1, 0.15) is 33.1 Å². The Bertz CT molecular complexity index is 181. The lowest BCUT2D eigenvalue weighted by Gasteiger charge is -2.27. The van der Waals surface area contributed by atoms with E-state index in [2.05, 4.69) is 13.8 Å². The van der Waals surface area contributed by atoms with Crippen LogP contribution >= 0.6 is 0 Å². The van der Waals surface area contributed by atoms with Crippen LogP contribution in [0.15, 0.2) is 0 Å². The van der Waals surface area contributed by atoms with E-state index in [0.29, 0.717) is 17.1 Å². The zero-order valence-electron chi connectivity index (χ0n) is 6.68. The maximum Gasteiger partial charge on any atom is 0.136 e. The van der Waals surface area contributed by atoms with E-state index in [1.54, 1.807) is 0 Å². The minimum atomic E-state index is 0.333. The van der Waals surface area contributed by atoms with Gasteiger partial charge in [0.25, 0.3) is 0 Å². The number of rotatable bonds is 0. The van der Waals surface area contributed by atoms with Gasteiger partial charge < -0.3 is 0 Å². The van der Waals surface area contributed by atoms with E-state index < -0.39 is 0 Å². The third-order valence-electron chi connectivity index (χ3n) is 3.21. The van der Waals surface area contributed by atoms with Crippen LogP contribution in [0.3, 0.4) is 0 Å². The highest BCUT2D eigenvalue weighted by Gasteiger charge is 2.49. The standard InChI is InChI=1S/C9H14O/c1-9(2)5-6-3-7(9)8(10)4-6/h6-7H,3-5H2,1-2H3/t6?,7-/m0/s1. The van der Waals surface area contributed by atoms with Crippen molar-refractivity contribution < 1.29 is 4.79 Å². The molecule has 2 bridgehead atoms. The largest absolute Gasteiger partial charge is 0.299 e. The van der Waals surface area contributed by atoms with Gasteiger partial charge in [-0.05, 0) is 24.2 Å². The van der Waals surface area contributed by atoms with Crippen molar-refractivity contribution in [3.63, 3.8) is 0 Å². The average molecular weight is 138 g/mol. The zero-order valence-corrected chi connectivity index (χ0v) is 6.68. The van der Waals surface area contributed by atoms with Gasteiger partial charge in [-0.15, -0.1) is 0 Å². The van der Waals surface area contributed by atoms with Crippen molar-refractivity contribution in [3.05, 3.63) is 0 Å². The number of carbonyl (C=O) groups excluding carboxylic acids is 1. The van der Waals surface area contributed by atoms with Gasteiger partial charge in [0, 0.05) is 12.3 Å². The van der Waals surface area contributed by atoms with Crippen LogP contribution in [0.4, 0.5) is 0 Å². The molecule has 1 heteroatoms. The summed E-state index contributed by atoms with van der Waals surface area (Å²) in [4.78, 5) is 11.3. The quantitative estimate of drug-likeness (QED) is 0.500. The van der Waals surface area contributed by atoms with Crippen molar-refractivity contribution in [3.8, 4) is 0 Å². The van der Waals surface area contributed by atoms with E-state index in [1.165, 1.54) is 12.8 Å². The molecule has 0 aromatic carbocycles. The molecule has 0 radical (unpaired) electrons. The van der Waals surface area contributed by atoms with E-state index in [9.17, 15) is 4.79 Å². The van der Waals surface area contributed by atoms with E-state index >= 15 is 0 Å². The first-order chi connectivity index (χ1) is 4.59. The van der Waals surface area contributed by atoms with Crippen LogP contribution in [0.2, 0.25) is 0 Å². The first kappa shape index (κ1) is 6.38. The third-order valence-corrected chi connectivity index (χ3v) is 3.21. The molecule has 56 valence electrons. The summed E-state index contributed by atoms with van der Waals surface area (Å²) in [5.74, 6) is 1.69. The summed E-state index contributed by atoms with van der Waals surface area (Å²) in [6.45, 7) is 4.46. The molecule has 1 nitrogen and oxygen atoms in total. The van der Waals surface area contributed by atoms with Crippen molar-refractivity contribution in [2.75, 3.05) is 0 Å². The average Bonchev–Trinajstić information content (AvgIpc) is 2.18. The Kier molecular flexibility index (Phi) is 1.04. The van der Waals surface area contributed by atoms with Crippen molar-refractivity contribution in [1.82, 2.24) is 0 Å². The lowest BCUT2D eigenvalue weighted by Crippen LogP contribution is -2.27. The molecular weight excluding hydrogens is 124 g/mol. The number of Topliss-reactive ketones (excluding diaryl/α,β-unsaturated/α-hetero) is 1. The molecule has 2 saturated carbocycles. The summed E-state index contributed by atoms with van der Waals surface area (Å²) in [5, 5.41) is 0. The molecule has 0 amide bonds. The van der Waals surface area contributed by atoms with Crippen LogP contribution in [-0.4, -0.2) is 5.78 Å². The van der Waals surface area contributed by atoms with Crippen LogP contribution < -0.4 is 0 Å². The molecular formula is C9H14O. The monoisotopic (exact) mass is 138 g/mol. The Morgan fingerprint density at radius 1 is 1.50 bits per heavy atom. The van der Waals surface area contributed by atoms with Gasteiger partial charge in [0.2, 0.25) is 0 Å². The fraction of sp³-hybridized carbons (Fsp3) is 0.889. The first-order valence-electron chi connectivity index (χ1n) is 4.12. The second-order valence-corrected chi connectivity index (χ2v) is 4.52. The molecule has 10 heavy (non-hydrogen) atoms. The van der Waals surface area contributed by atoms with Gasteiger partial charge in [0.05, 0.1) is 0 Å². The Morgan fingerprint density at radius 2 is 2.20 bits per heavy atom. The molecule has 2 aliphatic rings. The van der Waals surface area contributed by atoms with Crippen LogP contribution in [0, 0.1) is 17.3 Å². The van der Waals surface area contributed by atoms with Crippen molar-refractivity contribution >= 4 is 5.78 Å². The predicted molar refractivity (Wildman–Crippen MR) is 39.6 cm³/mol. The number of ketones is 1. The van der Waals surface area contributed by atoms with Crippen molar-refractivity contribution in [1.29, 1.82) is 0 Å². The molecule has 2 aliphatic carbocycles. The zero-order chi connectivity index (χ0) is 7.35.